The summed E-state index contributed by atoms with van der Waals surface area (Å²) >= 11 is 3.44. The van der Waals surface area contributed by atoms with E-state index in [9.17, 15) is 4.79 Å². The molecule has 104 valence electrons. The third-order valence-corrected chi connectivity index (χ3v) is 3.85. The van der Waals surface area contributed by atoms with Crippen LogP contribution in [0.15, 0.2) is 18.2 Å². The molecular weight excluding hydrogens is 306 g/mol. The fraction of sp³-hybridized carbons (Fsp3) is 0.533. The highest BCUT2D eigenvalue weighted by Gasteiger charge is 2.19. The highest BCUT2D eigenvalue weighted by atomic mass is 79.9. The van der Waals surface area contributed by atoms with Gasteiger partial charge in [0, 0.05) is 23.9 Å². The third-order valence-electron chi connectivity index (χ3n) is 3.45. The smallest absolute Gasteiger partial charge is 0.251 e. The molecule has 0 aromatic heterocycles. The summed E-state index contributed by atoms with van der Waals surface area (Å²) < 4.78 is 5.44. The van der Waals surface area contributed by atoms with Crippen LogP contribution in [0, 0.1) is 5.41 Å². The lowest BCUT2D eigenvalue weighted by molar-refractivity contribution is 0.0936. The van der Waals surface area contributed by atoms with Gasteiger partial charge in [-0.3, -0.25) is 4.79 Å². The van der Waals surface area contributed by atoms with Crippen LogP contribution in [0.2, 0.25) is 0 Å². The molecule has 1 amide bonds. The first-order valence-corrected chi connectivity index (χ1v) is 7.74. The Labute approximate surface area is 122 Å². The molecule has 0 unspecified atom stereocenters. The molecular formula is C15H20BrNO2. The lowest BCUT2D eigenvalue weighted by Gasteiger charge is -2.23. The molecule has 0 spiro atoms. The minimum Gasteiger partial charge on any atom is -0.493 e. The zero-order valence-electron chi connectivity index (χ0n) is 11.5. The summed E-state index contributed by atoms with van der Waals surface area (Å²) in [4.78, 5) is 12.1. The van der Waals surface area contributed by atoms with Gasteiger partial charge in [0.25, 0.3) is 5.91 Å². The maximum Gasteiger partial charge on any atom is 0.251 e. The van der Waals surface area contributed by atoms with Crippen molar-refractivity contribution in [3.05, 3.63) is 29.3 Å². The van der Waals surface area contributed by atoms with Gasteiger partial charge in [-0.2, -0.15) is 0 Å². The number of rotatable bonds is 5. The van der Waals surface area contributed by atoms with Crippen LogP contribution in [-0.4, -0.2) is 24.4 Å². The maximum absolute atomic E-state index is 12.1. The molecule has 4 heteroatoms. The molecule has 19 heavy (non-hydrogen) atoms. The second-order valence-electron chi connectivity index (χ2n) is 5.71. The Kier molecular flexibility index (Phi) is 4.50. The summed E-state index contributed by atoms with van der Waals surface area (Å²) in [5.74, 6) is 0.911. The average molecular weight is 326 g/mol. The van der Waals surface area contributed by atoms with Crippen LogP contribution in [0.1, 0.15) is 36.2 Å². The summed E-state index contributed by atoms with van der Waals surface area (Å²) in [5, 5.41) is 3.97. The van der Waals surface area contributed by atoms with Gasteiger partial charge in [-0.15, -0.1) is 0 Å². The molecule has 1 N–H and O–H groups in total. The predicted octanol–water partition coefficient (Wildman–Crippen LogP) is 3.16. The number of halogens is 1. The molecule has 0 radical (unpaired) electrons. The lowest BCUT2D eigenvalue weighted by atomic mass is 9.90. The zero-order valence-corrected chi connectivity index (χ0v) is 13.0. The van der Waals surface area contributed by atoms with Gasteiger partial charge >= 0.3 is 0 Å². The number of nitrogens with one attached hydrogen (secondary N) is 1. The van der Waals surface area contributed by atoms with Gasteiger partial charge < -0.3 is 10.1 Å². The standard InChI is InChI=1S/C15H20BrNO2/c1-15(2,6-7-16)10-17-14(18)12-3-4-13-11(9-12)5-8-19-13/h3-4,9H,5-8,10H2,1-2H3,(H,17,18). The molecule has 0 bridgehead atoms. The predicted molar refractivity (Wildman–Crippen MR) is 80.2 cm³/mol. The molecule has 1 aliphatic heterocycles. The number of carbonyl (C=O) groups excluding carboxylic acids is 1. The fourth-order valence-electron chi connectivity index (χ4n) is 2.09. The molecule has 0 fully saturated rings. The Morgan fingerprint density at radius 3 is 3.00 bits per heavy atom. The first-order chi connectivity index (χ1) is 9.02. The van der Waals surface area contributed by atoms with Crippen molar-refractivity contribution in [3.8, 4) is 5.75 Å². The van der Waals surface area contributed by atoms with Crippen molar-refractivity contribution in [1.82, 2.24) is 5.32 Å². The van der Waals surface area contributed by atoms with Crippen LogP contribution in [-0.2, 0) is 6.42 Å². The molecule has 1 heterocycles. The van der Waals surface area contributed by atoms with Crippen molar-refractivity contribution >= 4 is 21.8 Å². The molecule has 0 atom stereocenters. The Morgan fingerprint density at radius 1 is 1.47 bits per heavy atom. The topological polar surface area (TPSA) is 38.3 Å². The Bertz CT molecular complexity index is 471. The highest BCUT2D eigenvalue weighted by molar-refractivity contribution is 9.09. The second-order valence-corrected chi connectivity index (χ2v) is 6.50. The van der Waals surface area contributed by atoms with Crippen LogP contribution in [0.4, 0.5) is 0 Å². The van der Waals surface area contributed by atoms with Gasteiger partial charge in [-0.25, -0.2) is 0 Å². The van der Waals surface area contributed by atoms with Crippen LogP contribution < -0.4 is 10.1 Å². The van der Waals surface area contributed by atoms with E-state index in [-0.39, 0.29) is 11.3 Å². The van der Waals surface area contributed by atoms with Gasteiger partial charge in [-0.1, -0.05) is 29.8 Å². The fourth-order valence-corrected chi connectivity index (χ4v) is 3.17. The van der Waals surface area contributed by atoms with E-state index < -0.39 is 0 Å². The Hall–Kier alpha value is -1.03. The molecule has 1 aromatic carbocycles. The van der Waals surface area contributed by atoms with Crippen molar-refractivity contribution in [2.24, 2.45) is 5.41 Å². The summed E-state index contributed by atoms with van der Waals surface area (Å²) in [6.45, 7) is 5.72. The minimum absolute atomic E-state index is 0.00246. The zero-order chi connectivity index (χ0) is 13.9. The lowest BCUT2D eigenvalue weighted by Crippen LogP contribution is -2.34. The monoisotopic (exact) mass is 325 g/mol. The summed E-state index contributed by atoms with van der Waals surface area (Å²) in [6, 6.07) is 5.66. The number of carbonyl (C=O) groups is 1. The average Bonchev–Trinajstić information content (AvgIpc) is 2.83. The van der Waals surface area contributed by atoms with Gasteiger partial charge in [-0.05, 0) is 35.6 Å². The molecule has 2 rings (SSSR count). The van der Waals surface area contributed by atoms with Gasteiger partial charge in [0.2, 0.25) is 0 Å². The Balaban J connectivity index is 1.97. The van der Waals surface area contributed by atoms with E-state index in [2.05, 4.69) is 35.1 Å². The van der Waals surface area contributed by atoms with E-state index in [0.717, 1.165) is 41.7 Å². The largest absolute Gasteiger partial charge is 0.493 e. The van der Waals surface area contributed by atoms with E-state index >= 15 is 0 Å². The van der Waals surface area contributed by atoms with E-state index in [4.69, 9.17) is 4.74 Å². The molecule has 1 aromatic rings. The summed E-state index contributed by atoms with van der Waals surface area (Å²) in [6.07, 6.45) is 1.93. The summed E-state index contributed by atoms with van der Waals surface area (Å²) in [5.41, 5.74) is 1.96. The van der Waals surface area contributed by atoms with Crippen LogP contribution in [0.3, 0.4) is 0 Å². The first kappa shape index (κ1) is 14.4. The van der Waals surface area contributed by atoms with E-state index in [1.807, 2.05) is 18.2 Å². The van der Waals surface area contributed by atoms with Gasteiger partial charge in [0.05, 0.1) is 6.61 Å². The number of hydrogen-bond acceptors (Lipinski definition) is 2. The van der Waals surface area contributed by atoms with Crippen LogP contribution in [0.5, 0.6) is 5.75 Å². The van der Waals surface area contributed by atoms with Crippen molar-refractivity contribution in [2.75, 3.05) is 18.5 Å². The minimum atomic E-state index is -0.00246. The van der Waals surface area contributed by atoms with E-state index in [0.29, 0.717) is 6.54 Å². The number of benzene rings is 1. The maximum atomic E-state index is 12.1. The van der Waals surface area contributed by atoms with Crippen molar-refractivity contribution in [2.45, 2.75) is 26.7 Å². The SMILES string of the molecule is CC(C)(CCBr)CNC(=O)c1ccc2c(c1)CCO2. The first-order valence-electron chi connectivity index (χ1n) is 6.62. The van der Waals surface area contributed by atoms with Gasteiger partial charge in [0.1, 0.15) is 5.75 Å². The molecule has 0 saturated heterocycles. The quantitative estimate of drug-likeness (QED) is 0.844. The van der Waals surface area contributed by atoms with E-state index in [1.54, 1.807) is 0 Å². The molecule has 1 aliphatic rings. The van der Waals surface area contributed by atoms with Crippen molar-refractivity contribution < 1.29 is 9.53 Å². The van der Waals surface area contributed by atoms with Crippen molar-refractivity contribution in [3.63, 3.8) is 0 Å². The van der Waals surface area contributed by atoms with Crippen molar-refractivity contribution in [1.29, 1.82) is 0 Å². The van der Waals surface area contributed by atoms with Crippen LogP contribution >= 0.6 is 15.9 Å². The van der Waals surface area contributed by atoms with Gasteiger partial charge in [0.15, 0.2) is 0 Å². The van der Waals surface area contributed by atoms with Crippen LogP contribution in [0.25, 0.3) is 0 Å². The molecule has 3 nitrogen and oxygen atoms in total. The summed E-state index contributed by atoms with van der Waals surface area (Å²) in [7, 11) is 0. The number of alkyl halides is 1. The number of amides is 1. The third kappa shape index (κ3) is 3.72. The number of ether oxygens (including phenoxy) is 1. The number of hydrogen-bond donors (Lipinski definition) is 1. The number of fused-ring (bicyclic) bond motifs is 1. The highest BCUT2D eigenvalue weighted by Crippen LogP contribution is 2.26. The normalized spacial score (nSPS) is 13.8. The van der Waals surface area contributed by atoms with E-state index in [1.165, 1.54) is 0 Å². The second kappa shape index (κ2) is 5.95. The molecule has 0 aliphatic carbocycles. The Morgan fingerprint density at radius 2 is 2.26 bits per heavy atom. The molecule has 0 saturated carbocycles.